The first kappa shape index (κ1) is 19.5. The molecule has 2 aromatic carbocycles. The van der Waals surface area contributed by atoms with Gasteiger partial charge < -0.3 is 10.2 Å². The van der Waals surface area contributed by atoms with Gasteiger partial charge >= 0.3 is 0 Å². The Kier molecular flexibility index (Phi) is 5.21. The maximum Gasteiger partial charge on any atom is 0.224 e. The first-order valence-electron chi connectivity index (χ1n) is 10.6. The summed E-state index contributed by atoms with van der Waals surface area (Å²) in [5.41, 5.74) is 4.81. The van der Waals surface area contributed by atoms with Crippen molar-refractivity contribution < 1.29 is 9.18 Å². The minimum absolute atomic E-state index is 0.115. The van der Waals surface area contributed by atoms with Gasteiger partial charge in [0.15, 0.2) is 0 Å². The molecule has 156 valence electrons. The van der Waals surface area contributed by atoms with Crippen molar-refractivity contribution in [3.8, 4) is 0 Å². The highest BCUT2D eigenvalue weighted by Gasteiger charge is 2.22. The van der Waals surface area contributed by atoms with Crippen molar-refractivity contribution in [1.29, 1.82) is 0 Å². The first-order chi connectivity index (χ1) is 14.6. The van der Waals surface area contributed by atoms with Gasteiger partial charge in [-0.3, -0.25) is 9.69 Å². The third-order valence-corrected chi connectivity index (χ3v) is 7.29. The quantitative estimate of drug-likeness (QED) is 0.652. The van der Waals surface area contributed by atoms with Crippen molar-refractivity contribution in [2.24, 2.45) is 0 Å². The van der Waals surface area contributed by atoms with Crippen LogP contribution >= 0.6 is 11.3 Å². The van der Waals surface area contributed by atoms with Crippen LogP contribution in [0.5, 0.6) is 0 Å². The van der Waals surface area contributed by atoms with E-state index < -0.39 is 0 Å². The summed E-state index contributed by atoms with van der Waals surface area (Å²) >= 11 is 1.62. The number of amides is 1. The predicted octanol–water partition coefficient (Wildman–Crippen LogP) is 4.85. The second kappa shape index (κ2) is 8.00. The summed E-state index contributed by atoms with van der Waals surface area (Å²) in [7, 11) is 0. The van der Waals surface area contributed by atoms with Crippen LogP contribution in [0.1, 0.15) is 30.4 Å². The molecule has 1 aromatic heterocycles. The molecule has 1 amide bonds. The molecular formula is C24H26FN3OS. The molecule has 2 aliphatic rings. The van der Waals surface area contributed by atoms with Crippen LogP contribution in [0.4, 0.5) is 15.8 Å². The van der Waals surface area contributed by atoms with Gasteiger partial charge in [0.1, 0.15) is 5.82 Å². The van der Waals surface area contributed by atoms with E-state index >= 15 is 0 Å². The molecule has 3 heterocycles. The van der Waals surface area contributed by atoms with Crippen molar-refractivity contribution in [1.82, 2.24) is 4.90 Å². The summed E-state index contributed by atoms with van der Waals surface area (Å²) in [5.74, 6) is 0.231. The molecule has 2 aliphatic heterocycles. The predicted molar refractivity (Wildman–Crippen MR) is 122 cm³/mol. The molecule has 0 spiro atoms. The lowest BCUT2D eigenvalue weighted by Crippen LogP contribution is -2.46. The number of fused-ring (bicyclic) bond motifs is 2. The van der Waals surface area contributed by atoms with Gasteiger partial charge in [-0.05, 0) is 47.7 Å². The Labute approximate surface area is 180 Å². The molecule has 4 nitrogen and oxygen atoms in total. The second-order valence-electron chi connectivity index (χ2n) is 8.42. The Morgan fingerprint density at radius 3 is 2.80 bits per heavy atom. The highest BCUT2D eigenvalue weighted by Crippen LogP contribution is 2.34. The van der Waals surface area contributed by atoms with Gasteiger partial charge in [0, 0.05) is 60.3 Å². The van der Waals surface area contributed by atoms with Crippen molar-refractivity contribution in [3.05, 3.63) is 58.7 Å². The average Bonchev–Trinajstić information content (AvgIpc) is 3.15. The Morgan fingerprint density at radius 2 is 1.97 bits per heavy atom. The number of halogens is 1. The molecule has 5 rings (SSSR count). The second-order valence-corrected chi connectivity index (χ2v) is 9.33. The van der Waals surface area contributed by atoms with Crippen molar-refractivity contribution in [3.63, 3.8) is 0 Å². The van der Waals surface area contributed by atoms with Crippen molar-refractivity contribution >= 4 is 38.7 Å². The van der Waals surface area contributed by atoms with E-state index in [2.05, 4.69) is 45.6 Å². The molecule has 30 heavy (non-hydrogen) atoms. The molecule has 6 heteroatoms. The smallest absolute Gasteiger partial charge is 0.224 e. The molecule has 0 saturated carbocycles. The number of carbonyl (C=O) groups is 1. The molecule has 1 saturated heterocycles. The van der Waals surface area contributed by atoms with Gasteiger partial charge in [-0.2, -0.15) is 0 Å². The number of benzene rings is 2. The van der Waals surface area contributed by atoms with E-state index in [9.17, 15) is 9.18 Å². The number of nitrogens with zero attached hydrogens (tertiary/aromatic N) is 2. The lowest BCUT2D eigenvalue weighted by molar-refractivity contribution is -0.116. The lowest BCUT2D eigenvalue weighted by Gasteiger charge is -2.36. The third-order valence-electron chi connectivity index (χ3n) is 6.36. The third kappa shape index (κ3) is 3.82. The van der Waals surface area contributed by atoms with Gasteiger partial charge in [0.05, 0.1) is 5.69 Å². The number of thiophene rings is 1. The zero-order valence-corrected chi connectivity index (χ0v) is 18.0. The summed E-state index contributed by atoms with van der Waals surface area (Å²) in [6.07, 6.45) is 1.59. The Balaban J connectivity index is 1.19. The fourth-order valence-corrected chi connectivity index (χ4v) is 5.61. The topological polar surface area (TPSA) is 35.6 Å². The van der Waals surface area contributed by atoms with Gasteiger partial charge in [-0.1, -0.05) is 19.1 Å². The number of anilines is 2. The van der Waals surface area contributed by atoms with E-state index in [1.165, 1.54) is 16.8 Å². The van der Waals surface area contributed by atoms with Crippen LogP contribution < -0.4 is 10.2 Å². The lowest BCUT2D eigenvalue weighted by atomic mass is 9.90. The van der Waals surface area contributed by atoms with Crippen LogP contribution in [0, 0.1) is 5.82 Å². The van der Waals surface area contributed by atoms with Crippen LogP contribution in [0.2, 0.25) is 0 Å². The van der Waals surface area contributed by atoms with Gasteiger partial charge in [-0.25, -0.2) is 4.39 Å². The fraction of sp³-hybridized carbons (Fsp3) is 0.375. The molecule has 0 aliphatic carbocycles. The highest BCUT2D eigenvalue weighted by atomic mass is 32.1. The first-order valence-corrected chi connectivity index (χ1v) is 11.5. The summed E-state index contributed by atoms with van der Waals surface area (Å²) in [4.78, 5) is 16.7. The molecule has 1 fully saturated rings. The van der Waals surface area contributed by atoms with Crippen molar-refractivity contribution in [2.45, 2.75) is 25.7 Å². The van der Waals surface area contributed by atoms with E-state index in [-0.39, 0.29) is 17.6 Å². The average molecular weight is 424 g/mol. The summed E-state index contributed by atoms with van der Waals surface area (Å²) in [6, 6.07) is 11.6. The Morgan fingerprint density at radius 1 is 1.13 bits per heavy atom. The standard InChI is InChI=1S/C24H26FN3OS/c1-16-12-24(29)26-21-5-2-17(13-20(16)21)6-7-27-8-10-28(11-9-27)22-15-30-23-14-18(25)3-4-19(22)23/h2-5,13-16H,6-12H2,1H3,(H,26,29)/t16-/m0/s1. The minimum Gasteiger partial charge on any atom is -0.368 e. The fourth-order valence-electron chi connectivity index (χ4n) is 4.61. The number of rotatable bonds is 4. The van der Waals surface area contributed by atoms with Gasteiger partial charge in [-0.15, -0.1) is 11.3 Å². The summed E-state index contributed by atoms with van der Waals surface area (Å²) < 4.78 is 14.5. The van der Waals surface area contributed by atoms with Crippen molar-refractivity contribution in [2.75, 3.05) is 42.9 Å². The highest BCUT2D eigenvalue weighted by molar-refractivity contribution is 7.17. The molecule has 3 aromatic rings. The van der Waals surface area contributed by atoms with E-state index in [0.717, 1.165) is 54.9 Å². The van der Waals surface area contributed by atoms with Gasteiger partial charge in [0.25, 0.3) is 0 Å². The zero-order chi connectivity index (χ0) is 20.7. The summed E-state index contributed by atoms with van der Waals surface area (Å²) in [6.45, 7) is 7.24. The van der Waals surface area contributed by atoms with Gasteiger partial charge in [0.2, 0.25) is 5.91 Å². The molecule has 0 bridgehead atoms. The van der Waals surface area contributed by atoms with Crippen LogP contribution in [-0.4, -0.2) is 43.5 Å². The minimum atomic E-state index is -0.167. The van der Waals surface area contributed by atoms with E-state index in [4.69, 9.17) is 0 Å². The SMILES string of the molecule is C[C@H]1CC(=O)Nc2ccc(CCN3CCN(c4csc5cc(F)ccc45)CC3)cc21. The van der Waals surface area contributed by atoms with Crippen LogP contribution in [-0.2, 0) is 11.2 Å². The maximum absolute atomic E-state index is 13.5. The Hall–Kier alpha value is -2.44. The number of hydrogen-bond acceptors (Lipinski definition) is 4. The monoisotopic (exact) mass is 423 g/mol. The van der Waals surface area contributed by atoms with E-state index in [0.29, 0.717) is 6.42 Å². The van der Waals surface area contributed by atoms with Crippen LogP contribution in [0.15, 0.2) is 41.8 Å². The molecule has 0 radical (unpaired) electrons. The maximum atomic E-state index is 13.5. The molecule has 0 unspecified atom stereocenters. The molecular weight excluding hydrogens is 397 g/mol. The van der Waals surface area contributed by atoms with Crippen LogP contribution in [0.25, 0.3) is 10.1 Å². The molecule has 1 N–H and O–H groups in total. The zero-order valence-electron chi connectivity index (χ0n) is 17.2. The Bertz CT molecular complexity index is 1090. The number of piperazine rings is 1. The largest absolute Gasteiger partial charge is 0.368 e. The number of hydrogen-bond donors (Lipinski definition) is 1. The molecule has 1 atom stereocenters. The van der Waals surface area contributed by atoms with E-state index in [1.807, 2.05) is 6.07 Å². The summed E-state index contributed by atoms with van der Waals surface area (Å²) in [5, 5.41) is 6.30. The van der Waals surface area contributed by atoms with E-state index in [1.54, 1.807) is 23.5 Å². The number of carbonyl (C=O) groups excluding carboxylic acids is 1. The number of nitrogens with one attached hydrogen (secondary N) is 1. The normalized spacial score (nSPS) is 19.7. The van der Waals surface area contributed by atoms with Crippen LogP contribution in [0.3, 0.4) is 0 Å².